The van der Waals surface area contributed by atoms with E-state index in [4.69, 9.17) is 23.8 Å². The molecule has 1 aromatic heterocycles. The summed E-state index contributed by atoms with van der Waals surface area (Å²) < 4.78 is 1.67. The quantitative estimate of drug-likeness (QED) is 0.602. The molecule has 4 N–H and O–H groups in total. The van der Waals surface area contributed by atoms with Gasteiger partial charge in [0.25, 0.3) is 0 Å². The van der Waals surface area contributed by atoms with Crippen molar-refractivity contribution in [2.24, 2.45) is 12.8 Å². The van der Waals surface area contributed by atoms with Crippen LogP contribution in [0.5, 0.6) is 0 Å². The number of halogens is 1. The van der Waals surface area contributed by atoms with E-state index in [9.17, 15) is 9.90 Å². The number of piperidine rings is 1. The van der Waals surface area contributed by atoms with Gasteiger partial charge in [0.1, 0.15) is 0 Å². The third-order valence-electron chi connectivity index (χ3n) is 5.37. The number of aryl methyl sites for hydroxylation is 1. The Morgan fingerprint density at radius 1 is 1.52 bits per heavy atom. The van der Waals surface area contributed by atoms with Gasteiger partial charge in [0.15, 0.2) is 0 Å². The van der Waals surface area contributed by atoms with Gasteiger partial charge in [0, 0.05) is 24.7 Å². The molecule has 7 nitrogen and oxygen atoms in total. The van der Waals surface area contributed by atoms with E-state index in [1.54, 1.807) is 10.7 Å². The molecule has 1 aliphatic rings. The maximum absolute atomic E-state index is 11.0. The Balaban J connectivity index is 1.85. The van der Waals surface area contributed by atoms with Crippen molar-refractivity contribution in [2.45, 2.75) is 56.2 Å². The van der Waals surface area contributed by atoms with Crippen LogP contribution in [0.25, 0.3) is 0 Å². The average Bonchev–Trinajstić information content (AvgIpc) is 3.13. The third-order valence-corrected chi connectivity index (χ3v) is 5.60. The molecule has 1 fully saturated rings. The Labute approximate surface area is 175 Å². The Bertz CT molecular complexity index is 907. The number of nitrogens with one attached hydrogen (secondary N) is 1. The number of aromatic nitrogens is 3. The zero-order valence-electron chi connectivity index (χ0n) is 16.4. The highest BCUT2D eigenvalue weighted by molar-refractivity contribution is 6.30. The summed E-state index contributed by atoms with van der Waals surface area (Å²) in [5, 5.41) is 23.1. The first-order valence-electron chi connectivity index (χ1n) is 9.71. The lowest BCUT2D eigenvalue weighted by molar-refractivity contribution is -0.118. The lowest BCUT2D eigenvalue weighted by atomic mass is 9.79. The smallest absolute Gasteiger partial charge is 0.217 e. The van der Waals surface area contributed by atoms with Crippen LogP contribution in [0.15, 0.2) is 24.4 Å². The molecule has 1 aliphatic heterocycles. The number of aliphatic hydroxyl groups excluding tert-OH is 1. The summed E-state index contributed by atoms with van der Waals surface area (Å²) in [5.41, 5.74) is 7.86. The fourth-order valence-corrected chi connectivity index (χ4v) is 4.16. The number of rotatable bonds is 7. The molecule has 0 radical (unpaired) electrons. The highest BCUT2D eigenvalue weighted by Gasteiger charge is 2.32. The summed E-state index contributed by atoms with van der Waals surface area (Å²) in [7, 11) is 1.83. The number of primary amides is 1. The highest BCUT2D eigenvalue weighted by Crippen LogP contribution is 2.40. The van der Waals surface area contributed by atoms with Gasteiger partial charge in [-0.05, 0) is 54.9 Å². The van der Waals surface area contributed by atoms with Crippen LogP contribution in [0.2, 0.25) is 5.02 Å². The Morgan fingerprint density at radius 2 is 2.31 bits per heavy atom. The molecule has 4 atom stereocenters. The molecule has 29 heavy (non-hydrogen) atoms. The molecule has 0 spiro atoms. The summed E-state index contributed by atoms with van der Waals surface area (Å²) in [4.78, 5) is 11.0. The first kappa shape index (κ1) is 21.3. The van der Waals surface area contributed by atoms with Crippen molar-refractivity contribution in [2.75, 3.05) is 0 Å². The second kappa shape index (κ2) is 9.40. The zero-order chi connectivity index (χ0) is 21.0. The Hall–Kier alpha value is -2.40. The molecule has 2 heterocycles. The fraction of sp³-hybridized carbons (Fsp3) is 0.476. The van der Waals surface area contributed by atoms with Crippen molar-refractivity contribution in [1.82, 2.24) is 20.3 Å². The number of amides is 1. The van der Waals surface area contributed by atoms with Crippen LogP contribution < -0.4 is 11.1 Å². The molecular weight excluding hydrogens is 390 g/mol. The van der Waals surface area contributed by atoms with Crippen LogP contribution in [-0.4, -0.2) is 32.0 Å². The molecule has 1 saturated heterocycles. The van der Waals surface area contributed by atoms with Crippen molar-refractivity contribution in [1.29, 1.82) is 0 Å². The Kier molecular flexibility index (Phi) is 6.91. The summed E-state index contributed by atoms with van der Waals surface area (Å²) in [6.45, 7) is 0. The molecule has 3 rings (SSSR count). The van der Waals surface area contributed by atoms with E-state index in [0.717, 1.165) is 29.7 Å². The minimum atomic E-state index is -0.725. The van der Waals surface area contributed by atoms with Crippen LogP contribution in [0, 0.1) is 12.3 Å². The lowest BCUT2D eigenvalue weighted by Gasteiger charge is -2.35. The SMILES string of the molecule is C#C[C@H]1CC(c2ccc(Cl)cc2C(O)CCCC(N)=O)C[C@@H](c2cn(C)nn2)N1. The highest BCUT2D eigenvalue weighted by atomic mass is 35.5. The topological polar surface area (TPSA) is 106 Å². The number of benzene rings is 1. The molecule has 0 aliphatic carbocycles. The van der Waals surface area contributed by atoms with Gasteiger partial charge in [-0.2, -0.15) is 0 Å². The van der Waals surface area contributed by atoms with Gasteiger partial charge in [0.05, 0.1) is 23.9 Å². The van der Waals surface area contributed by atoms with Gasteiger partial charge < -0.3 is 10.8 Å². The first-order valence-corrected chi connectivity index (χ1v) is 10.1. The maximum atomic E-state index is 11.0. The van der Waals surface area contributed by atoms with Crippen molar-refractivity contribution in [3.8, 4) is 12.3 Å². The van der Waals surface area contributed by atoms with Crippen molar-refractivity contribution in [3.05, 3.63) is 46.2 Å². The van der Waals surface area contributed by atoms with Gasteiger partial charge in [-0.15, -0.1) is 11.5 Å². The molecular formula is C21H26ClN5O2. The molecule has 154 valence electrons. The fourth-order valence-electron chi connectivity index (χ4n) is 3.98. The molecule has 0 bridgehead atoms. The van der Waals surface area contributed by atoms with Crippen LogP contribution in [0.3, 0.4) is 0 Å². The number of hydrogen-bond acceptors (Lipinski definition) is 5. The zero-order valence-corrected chi connectivity index (χ0v) is 17.1. The normalized spacial score (nSPS) is 22.8. The number of nitrogens with two attached hydrogens (primary N) is 1. The predicted molar refractivity (Wildman–Crippen MR) is 111 cm³/mol. The van der Waals surface area contributed by atoms with Crippen LogP contribution in [-0.2, 0) is 11.8 Å². The van der Waals surface area contributed by atoms with E-state index in [1.807, 2.05) is 25.4 Å². The second-order valence-electron chi connectivity index (χ2n) is 7.57. The second-order valence-corrected chi connectivity index (χ2v) is 8.01. The standard InChI is InChI=1S/C21H26ClN5O2/c1-3-15-9-13(10-18(24-15)19-12-27(2)26-25-19)16-8-7-14(22)11-17(16)20(28)5-4-6-21(23)29/h1,7-8,11-13,15,18,20,24,28H,4-6,9-10H2,2H3,(H2,23,29)/t13?,15-,18-,20?/m0/s1. The lowest BCUT2D eigenvalue weighted by Crippen LogP contribution is -2.39. The van der Waals surface area contributed by atoms with E-state index < -0.39 is 6.10 Å². The van der Waals surface area contributed by atoms with Crippen LogP contribution >= 0.6 is 11.6 Å². The van der Waals surface area contributed by atoms with E-state index in [0.29, 0.717) is 17.9 Å². The number of nitrogens with zero attached hydrogens (tertiary/aromatic N) is 3. The van der Waals surface area contributed by atoms with Crippen LogP contribution in [0.1, 0.15) is 67.0 Å². The van der Waals surface area contributed by atoms with E-state index in [2.05, 4.69) is 21.5 Å². The maximum Gasteiger partial charge on any atom is 0.217 e. The molecule has 0 saturated carbocycles. The van der Waals surface area contributed by atoms with E-state index in [-0.39, 0.29) is 30.3 Å². The monoisotopic (exact) mass is 415 g/mol. The average molecular weight is 416 g/mol. The predicted octanol–water partition coefficient (Wildman–Crippen LogP) is 2.37. The molecule has 2 unspecified atom stereocenters. The Morgan fingerprint density at radius 3 is 2.97 bits per heavy atom. The van der Waals surface area contributed by atoms with Gasteiger partial charge in [-0.1, -0.05) is 28.8 Å². The number of carbonyl (C=O) groups is 1. The minimum Gasteiger partial charge on any atom is -0.388 e. The molecule has 1 aromatic carbocycles. The number of carbonyl (C=O) groups excluding carboxylic acids is 1. The van der Waals surface area contributed by atoms with Gasteiger partial charge in [0.2, 0.25) is 5.91 Å². The van der Waals surface area contributed by atoms with Gasteiger partial charge in [-0.25, -0.2) is 0 Å². The summed E-state index contributed by atoms with van der Waals surface area (Å²) in [5.74, 6) is 2.57. The summed E-state index contributed by atoms with van der Waals surface area (Å²) in [6, 6.07) is 5.46. The third kappa shape index (κ3) is 5.36. The van der Waals surface area contributed by atoms with E-state index >= 15 is 0 Å². The van der Waals surface area contributed by atoms with E-state index in [1.165, 1.54) is 0 Å². The van der Waals surface area contributed by atoms with Crippen molar-refractivity contribution < 1.29 is 9.90 Å². The van der Waals surface area contributed by atoms with Crippen LogP contribution in [0.4, 0.5) is 0 Å². The molecule has 1 amide bonds. The van der Waals surface area contributed by atoms with Gasteiger partial charge >= 0.3 is 0 Å². The minimum absolute atomic E-state index is 0.0287. The van der Waals surface area contributed by atoms with Gasteiger partial charge in [-0.3, -0.25) is 14.8 Å². The van der Waals surface area contributed by atoms with Crippen molar-refractivity contribution >= 4 is 17.5 Å². The molecule has 2 aromatic rings. The van der Waals surface area contributed by atoms with Crippen molar-refractivity contribution in [3.63, 3.8) is 0 Å². The largest absolute Gasteiger partial charge is 0.388 e. The summed E-state index contributed by atoms with van der Waals surface area (Å²) in [6.07, 6.45) is 9.62. The number of hydrogen-bond donors (Lipinski definition) is 3. The number of terminal acetylenes is 1. The number of aliphatic hydroxyl groups is 1. The first-order chi connectivity index (χ1) is 13.9. The molecule has 8 heteroatoms. The summed E-state index contributed by atoms with van der Waals surface area (Å²) >= 11 is 6.22.